The first kappa shape index (κ1) is 17.5. The summed E-state index contributed by atoms with van der Waals surface area (Å²) in [6.45, 7) is 1.56. The second-order valence-corrected chi connectivity index (χ2v) is 4.99. The Morgan fingerprint density at radius 3 is 2.46 bits per heavy atom. The molecule has 1 fully saturated rings. The summed E-state index contributed by atoms with van der Waals surface area (Å²) in [6.07, 6.45) is 0.628. The number of ether oxygens (including phenoxy) is 3. The first-order chi connectivity index (χ1) is 11.5. The van der Waals surface area contributed by atoms with Gasteiger partial charge >= 0.3 is 5.97 Å². The van der Waals surface area contributed by atoms with Crippen molar-refractivity contribution in [3.05, 3.63) is 17.7 Å². The highest BCUT2D eigenvalue weighted by atomic mass is 16.5. The molecule has 2 rings (SSSR count). The summed E-state index contributed by atoms with van der Waals surface area (Å²) >= 11 is 0. The minimum atomic E-state index is -0.554. The van der Waals surface area contributed by atoms with E-state index in [4.69, 9.17) is 14.2 Å². The van der Waals surface area contributed by atoms with Crippen LogP contribution in [0.15, 0.2) is 12.1 Å². The molecule has 0 N–H and O–H groups in total. The Morgan fingerprint density at radius 1 is 1.12 bits per heavy atom. The predicted octanol–water partition coefficient (Wildman–Crippen LogP) is 0.251. The normalized spacial score (nSPS) is 13.6. The van der Waals surface area contributed by atoms with Crippen LogP contribution in [0.25, 0.3) is 0 Å². The molecular weight excluding hydrogens is 318 g/mol. The van der Waals surface area contributed by atoms with Gasteiger partial charge in [0.25, 0.3) is 11.8 Å². The third kappa shape index (κ3) is 3.73. The Bertz CT molecular complexity index is 648. The van der Waals surface area contributed by atoms with Crippen molar-refractivity contribution in [3.63, 3.8) is 0 Å². The Balaban J connectivity index is 2.18. The van der Waals surface area contributed by atoms with E-state index in [1.54, 1.807) is 0 Å². The molecule has 0 unspecified atom stereocenters. The van der Waals surface area contributed by atoms with Gasteiger partial charge in [-0.1, -0.05) is 0 Å². The average molecular weight is 337 g/mol. The van der Waals surface area contributed by atoms with Gasteiger partial charge in [-0.25, -0.2) is 10.0 Å². The Labute approximate surface area is 139 Å². The lowest BCUT2D eigenvalue weighted by Crippen LogP contribution is -2.46. The maximum absolute atomic E-state index is 12.7. The summed E-state index contributed by atoms with van der Waals surface area (Å²) in [7, 11) is 2.85. The van der Waals surface area contributed by atoms with Crippen molar-refractivity contribution in [2.24, 2.45) is 0 Å². The number of nitrogens with zero attached hydrogens (tertiary/aromatic N) is 3. The maximum Gasteiger partial charge on any atom is 0.303 e. The number of amides is 2. The summed E-state index contributed by atoms with van der Waals surface area (Å²) in [6, 6.07) is 3.07. The highest BCUT2D eigenvalue weighted by molar-refractivity contribution is 5.97. The van der Waals surface area contributed by atoms with E-state index in [2.05, 4.69) is 4.98 Å². The third-order valence-corrected chi connectivity index (χ3v) is 3.42. The van der Waals surface area contributed by atoms with E-state index < -0.39 is 24.4 Å². The highest BCUT2D eigenvalue weighted by Crippen LogP contribution is 2.24. The van der Waals surface area contributed by atoms with Crippen LogP contribution in [0.5, 0.6) is 11.8 Å². The standard InChI is InChI=1S/C15H19N3O6/c1-10(19)24-9-13(20)17-7-4-8-18(17)15(21)11-5-6-12(22-2)16-14(11)23-3/h5-6H,4,7-9H2,1-3H3. The zero-order chi connectivity index (χ0) is 17.7. The fraction of sp³-hybridized carbons (Fsp3) is 0.467. The summed E-state index contributed by atoms with van der Waals surface area (Å²) < 4.78 is 14.8. The van der Waals surface area contributed by atoms with Crippen LogP contribution < -0.4 is 9.47 Å². The van der Waals surface area contributed by atoms with Crippen molar-refractivity contribution in [1.29, 1.82) is 0 Å². The Kier molecular flexibility index (Phi) is 5.56. The van der Waals surface area contributed by atoms with Crippen LogP contribution in [0, 0.1) is 0 Å². The third-order valence-electron chi connectivity index (χ3n) is 3.42. The molecule has 1 saturated heterocycles. The number of pyridine rings is 1. The fourth-order valence-electron chi connectivity index (χ4n) is 2.31. The molecule has 2 heterocycles. The van der Waals surface area contributed by atoms with Gasteiger partial charge in [0.05, 0.1) is 14.2 Å². The van der Waals surface area contributed by atoms with Crippen molar-refractivity contribution in [2.75, 3.05) is 33.9 Å². The van der Waals surface area contributed by atoms with Gasteiger partial charge in [-0.15, -0.1) is 0 Å². The summed E-state index contributed by atoms with van der Waals surface area (Å²) in [5.41, 5.74) is 0.213. The molecule has 2 amide bonds. The van der Waals surface area contributed by atoms with Gasteiger partial charge in [-0.05, 0) is 12.5 Å². The molecule has 0 saturated carbocycles. The molecule has 1 aromatic heterocycles. The van der Waals surface area contributed by atoms with Crippen LogP contribution in [-0.2, 0) is 14.3 Å². The second-order valence-electron chi connectivity index (χ2n) is 4.99. The van der Waals surface area contributed by atoms with Crippen molar-refractivity contribution in [1.82, 2.24) is 15.0 Å². The predicted molar refractivity (Wildman–Crippen MR) is 81.3 cm³/mol. The lowest BCUT2D eigenvalue weighted by atomic mass is 10.2. The molecule has 0 bridgehead atoms. The molecule has 1 aliphatic heterocycles. The average Bonchev–Trinajstić information content (AvgIpc) is 3.08. The van der Waals surface area contributed by atoms with Gasteiger partial charge in [0, 0.05) is 26.1 Å². The number of carbonyl (C=O) groups is 3. The number of rotatable bonds is 5. The molecule has 9 nitrogen and oxygen atoms in total. The van der Waals surface area contributed by atoms with Crippen molar-refractivity contribution < 1.29 is 28.6 Å². The van der Waals surface area contributed by atoms with Crippen LogP contribution in [0.3, 0.4) is 0 Å². The van der Waals surface area contributed by atoms with Crippen LogP contribution in [0.2, 0.25) is 0 Å². The number of methoxy groups -OCH3 is 2. The molecule has 1 aromatic rings. The van der Waals surface area contributed by atoms with Gasteiger partial charge in [0.1, 0.15) is 5.56 Å². The molecule has 0 aliphatic carbocycles. The molecule has 9 heteroatoms. The lowest BCUT2D eigenvalue weighted by Gasteiger charge is -2.28. The second kappa shape index (κ2) is 7.62. The smallest absolute Gasteiger partial charge is 0.303 e. The van der Waals surface area contributed by atoms with Gasteiger partial charge in [0.2, 0.25) is 11.8 Å². The van der Waals surface area contributed by atoms with E-state index in [1.165, 1.54) is 43.3 Å². The molecule has 0 atom stereocenters. The van der Waals surface area contributed by atoms with E-state index in [0.717, 1.165) is 0 Å². The van der Waals surface area contributed by atoms with E-state index >= 15 is 0 Å². The molecule has 1 aliphatic rings. The van der Waals surface area contributed by atoms with Gasteiger partial charge in [-0.3, -0.25) is 14.4 Å². The SMILES string of the molecule is COc1ccc(C(=O)N2CCCN2C(=O)COC(C)=O)c(OC)n1. The van der Waals surface area contributed by atoms with Crippen LogP contribution in [0.4, 0.5) is 0 Å². The van der Waals surface area contributed by atoms with Crippen LogP contribution in [-0.4, -0.2) is 66.7 Å². The summed E-state index contributed by atoms with van der Waals surface area (Å²) in [5.74, 6) is -1.01. The van der Waals surface area contributed by atoms with Crippen molar-refractivity contribution >= 4 is 17.8 Å². The van der Waals surface area contributed by atoms with Gasteiger partial charge in [0.15, 0.2) is 6.61 Å². The number of aromatic nitrogens is 1. The van der Waals surface area contributed by atoms with E-state index in [1.807, 2.05) is 0 Å². The highest BCUT2D eigenvalue weighted by Gasteiger charge is 2.33. The molecule has 130 valence electrons. The zero-order valence-corrected chi connectivity index (χ0v) is 13.8. The minimum absolute atomic E-state index is 0.110. The topological polar surface area (TPSA) is 98.3 Å². The molecule has 24 heavy (non-hydrogen) atoms. The first-order valence-electron chi connectivity index (χ1n) is 7.32. The maximum atomic E-state index is 12.7. The van der Waals surface area contributed by atoms with E-state index in [-0.39, 0.29) is 11.4 Å². The molecule has 0 aromatic carbocycles. The van der Waals surface area contributed by atoms with Crippen molar-refractivity contribution in [2.45, 2.75) is 13.3 Å². The number of hydrogen-bond acceptors (Lipinski definition) is 7. The quantitative estimate of drug-likeness (QED) is 0.710. The number of esters is 1. The van der Waals surface area contributed by atoms with Crippen LogP contribution in [0.1, 0.15) is 23.7 Å². The summed E-state index contributed by atoms with van der Waals surface area (Å²) in [5, 5.41) is 2.58. The van der Waals surface area contributed by atoms with Crippen molar-refractivity contribution in [3.8, 4) is 11.8 Å². The Hall–Kier alpha value is -2.84. The van der Waals surface area contributed by atoms with Gasteiger partial charge < -0.3 is 14.2 Å². The fourth-order valence-corrected chi connectivity index (χ4v) is 2.31. The number of hydrogen-bond donors (Lipinski definition) is 0. The first-order valence-corrected chi connectivity index (χ1v) is 7.32. The zero-order valence-electron chi connectivity index (χ0n) is 13.8. The monoisotopic (exact) mass is 337 g/mol. The Morgan fingerprint density at radius 2 is 1.83 bits per heavy atom. The lowest BCUT2D eigenvalue weighted by molar-refractivity contribution is -0.155. The summed E-state index contributed by atoms with van der Waals surface area (Å²) in [4.78, 5) is 39.8. The van der Waals surface area contributed by atoms with E-state index in [9.17, 15) is 14.4 Å². The van der Waals surface area contributed by atoms with Gasteiger partial charge in [-0.2, -0.15) is 4.98 Å². The number of hydrazine groups is 1. The van der Waals surface area contributed by atoms with E-state index in [0.29, 0.717) is 25.4 Å². The molecule has 0 spiro atoms. The number of carbonyl (C=O) groups excluding carboxylic acids is 3. The van der Waals surface area contributed by atoms with Crippen LogP contribution >= 0.6 is 0 Å². The molecular formula is C15H19N3O6. The minimum Gasteiger partial charge on any atom is -0.481 e. The largest absolute Gasteiger partial charge is 0.481 e. The molecule has 0 radical (unpaired) electrons.